The number of aryl methyl sites for hydroxylation is 1. The summed E-state index contributed by atoms with van der Waals surface area (Å²) in [7, 11) is 0. The van der Waals surface area contributed by atoms with E-state index in [9.17, 15) is 4.79 Å². The van der Waals surface area contributed by atoms with Crippen LogP contribution in [0.3, 0.4) is 0 Å². The highest BCUT2D eigenvalue weighted by Crippen LogP contribution is 2.54. The van der Waals surface area contributed by atoms with Gasteiger partial charge in [-0.3, -0.25) is 0 Å². The maximum Gasteiger partial charge on any atom is 0.235 e. The largest absolute Gasteiger partial charge is 0.464 e. The standard InChI is InChI=1S/C15H11NO3/c1-9-10-2-6-19-14(10)12(11-3-7-18-13(9)11)15(4-5-15)16-8-17/h2-3,6-7H,4-5H2,1H3. The summed E-state index contributed by atoms with van der Waals surface area (Å²) >= 11 is 0. The molecule has 4 nitrogen and oxygen atoms in total. The van der Waals surface area contributed by atoms with Gasteiger partial charge in [-0.25, -0.2) is 4.79 Å². The molecule has 0 saturated heterocycles. The number of rotatable bonds is 2. The second-order valence-electron chi connectivity index (χ2n) is 5.06. The number of hydrogen-bond acceptors (Lipinski definition) is 4. The Morgan fingerprint density at radius 3 is 2.53 bits per heavy atom. The Kier molecular flexibility index (Phi) is 1.88. The summed E-state index contributed by atoms with van der Waals surface area (Å²) < 4.78 is 11.2. The molecule has 1 saturated carbocycles. The third-order valence-electron chi connectivity index (χ3n) is 4.02. The van der Waals surface area contributed by atoms with E-state index in [4.69, 9.17) is 8.83 Å². The van der Waals surface area contributed by atoms with Crippen molar-refractivity contribution in [2.45, 2.75) is 25.3 Å². The van der Waals surface area contributed by atoms with Gasteiger partial charge < -0.3 is 8.83 Å². The first-order valence-corrected chi connectivity index (χ1v) is 6.23. The van der Waals surface area contributed by atoms with Crippen molar-refractivity contribution in [1.82, 2.24) is 0 Å². The zero-order valence-electron chi connectivity index (χ0n) is 10.4. The molecule has 0 N–H and O–H groups in total. The molecule has 4 rings (SSSR count). The van der Waals surface area contributed by atoms with Gasteiger partial charge in [0.25, 0.3) is 0 Å². The highest BCUT2D eigenvalue weighted by Gasteiger charge is 2.48. The van der Waals surface area contributed by atoms with Gasteiger partial charge in [0.15, 0.2) is 0 Å². The third kappa shape index (κ3) is 1.24. The van der Waals surface area contributed by atoms with E-state index >= 15 is 0 Å². The van der Waals surface area contributed by atoms with Crippen LogP contribution in [-0.4, -0.2) is 6.08 Å². The maximum atomic E-state index is 10.7. The molecule has 1 aromatic carbocycles. The zero-order valence-corrected chi connectivity index (χ0v) is 10.4. The molecule has 0 unspecified atom stereocenters. The van der Waals surface area contributed by atoms with E-state index in [1.807, 2.05) is 19.1 Å². The van der Waals surface area contributed by atoms with Crippen molar-refractivity contribution in [2.75, 3.05) is 0 Å². The van der Waals surface area contributed by atoms with Crippen LogP contribution in [0.2, 0.25) is 0 Å². The highest BCUT2D eigenvalue weighted by atomic mass is 16.3. The van der Waals surface area contributed by atoms with E-state index in [0.717, 1.165) is 45.9 Å². The average molecular weight is 253 g/mol. The molecular formula is C15H11NO3. The van der Waals surface area contributed by atoms with Gasteiger partial charge >= 0.3 is 0 Å². The molecule has 2 aromatic heterocycles. The van der Waals surface area contributed by atoms with Gasteiger partial charge in [0.05, 0.1) is 12.5 Å². The van der Waals surface area contributed by atoms with Crippen LogP contribution >= 0.6 is 0 Å². The quantitative estimate of drug-likeness (QED) is 0.515. The molecule has 94 valence electrons. The summed E-state index contributed by atoms with van der Waals surface area (Å²) in [6.07, 6.45) is 6.73. The van der Waals surface area contributed by atoms with Crippen LogP contribution in [-0.2, 0) is 10.3 Å². The summed E-state index contributed by atoms with van der Waals surface area (Å²) in [5.41, 5.74) is 3.20. The van der Waals surface area contributed by atoms with Crippen LogP contribution in [0.5, 0.6) is 0 Å². The van der Waals surface area contributed by atoms with Crippen LogP contribution in [0.1, 0.15) is 24.0 Å². The van der Waals surface area contributed by atoms with Gasteiger partial charge in [0.1, 0.15) is 16.7 Å². The minimum absolute atomic E-state index is 0.465. The van der Waals surface area contributed by atoms with Gasteiger partial charge in [0.2, 0.25) is 6.08 Å². The number of nitrogens with zero attached hydrogens (tertiary/aromatic N) is 1. The van der Waals surface area contributed by atoms with Crippen LogP contribution in [0.25, 0.3) is 21.9 Å². The van der Waals surface area contributed by atoms with E-state index in [1.54, 1.807) is 18.6 Å². The van der Waals surface area contributed by atoms with E-state index in [1.165, 1.54) is 0 Å². The van der Waals surface area contributed by atoms with E-state index in [0.29, 0.717) is 0 Å². The fourth-order valence-corrected chi connectivity index (χ4v) is 2.92. The van der Waals surface area contributed by atoms with Gasteiger partial charge in [0, 0.05) is 21.9 Å². The number of hydrogen-bond donors (Lipinski definition) is 0. The molecule has 1 aliphatic rings. The van der Waals surface area contributed by atoms with E-state index < -0.39 is 5.54 Å². The molecule has 1 fully saturated rings. The normalized spacial score (nSPS) is 16.7. The Morgan fingerprint density at radius 1 is 1.16 bits per heavy atom. The van der Waals surface area contributed by atoms with Crippen LogP contribution < -0.4 is 0 Å². The molecular weight excluding hydrogens is 242 g/mol. The zero-order chi connectivity index (χ0) is 13.0. The van der Waals surface area contributed by atoms with E-state index in [-0.39, 0.29) is 0 Å². The van der Waals surface area contributed by atoms with Crippen molar-refractivity contribution < 1.29 is 13.6 Å². The number of furan rings is 2. The molecule has 2 heterocycles. The molecule has 0 atom stereocenters. The number of benzene rings is 1. The highest BCUT2D eigenvalue weighted by molar-refractivity contribution is 6.02. The van der Waals surface area contributed by atoms with Gasteiger partial charge in [-0.15, -0.1) is 0 Å². The lowest BCUT2D eigenvalue weighted by Crippen LogP contribution is -2.04. The summed E-state index contributed by atoms with van der Waals surface area (Å²) in [4.78, 5) is 14.7. The Balaban J connectivity index is 2.23. The molecule has 0 spiro atoms. The Labute approximate surface area is 108 Å². The predicted octanol–water partition coefficient (Wildman–Crippen LogP) is 3.81. The second-order valence-corrected chi connectivity index (χ2v) is 5.06. The Hall–Kier alpha value is -2.32. The molecule has 1 aliphatic carbocycles. The monoisotopic (exact) mass is 253 g/mol. The SMILES string of the molecule is Cc1c2ccoc2c(C2(N=C=O)CC2)c2ccoc12. The topological polar surface area (TPSA) is 55.7 Å². The molecule has 3 aromatic rings. The molecule has 0 radical (unpaired) electrons. The first-order valence-electron chi connectivity index (χ1n) is 6.23. The lowest BCUT2D eigenvalue weighted by atomic mass is 9.96. The van der Waals surface area contributed by atoms with Gasteiger partial charge in [-0.05, 0) is 31.9 Å². The summed E-state index contributed by atoms with van der Waals surface area (Å²) in [5, 5.41) is 2.00. The van der Waals surface area contributed by atoms with Crippen LogP contribution in [0.15, 0.2) is 38.5 Å². The summed E-state index contributed by atoms with van der Waals surface area (Å²) in [5.74, 6) is 0. The first kappa shape index (κ1) is 10.6. The number of carbonyl (C=O) groups excluding carboxylic acids is 1. The fourth-order valence-electron chi connectivity index (χ4n) is 2.92. The van der Waals surface area contributed by atoms with Gasteiger partial charge in [-0.1, -0.05) is 0 Å². The fraction of sp³-hybridized carbons (Fsp3) is 0.267. The number of isocyanates is 1. The minimum Gasteiger partial charge on any atom is -0.464 e. The van der Waals surface area contributed by atoms with Crippen LogP contribution in [0.4, 0.5) is 0 Å². The summed E-state index contributed by atoms with van der Waals surface area (Å²) in [6, 6.07) is 3.84. The third-order valence-corrected chi connectivity index (χ3v) is 4.02. The second kappa shape index (κ2) is 3.37. The van der Waals surface area contributed by atoms with Crippen molar-refractivity contribution in [3.63, 3.8) is 0 Å². The van der Waals surface area contributed by atoms with E-state index in [2.05, 4.69) is 4.99 Å². The predicted molar refractivity (Wildman–Crippen MR) is 69.8 cm³/mol. The Morgan fingerprint density at radius 2 is 1.84 bits per heavy atom. The van der Waals surface area contributed by atoms with Crippen molar-refractivity contribution >= 4 is 28.0 Å². The first-order chi connectivity index (χ1) is 9.27. The molecule has 19 heavy (non-hydrogen) atoms. The van der Waals surface area contributed by atoms with Crippen molar-refractivity contribution in [2.24, 2.45) is 4.99 Å². The van der Waals surface area contributed by atoms with Gasteiger partial charge in [-0.2, -0.15) is 4.99 Å². The molecule has 0 bridgehead atoms. The minimum atomic E-state index is -0.465. The van der Waals surface area contributed by atoms with Crippen molar-refractivity contribution in [3.05, 3.63) is 35.8 Å². The number of aliphatic imine (C=N–C) groups is 1. The molecule has 0 amide bonds. The average Bonchev–Trinajstić information content (AvgIpc) is 2.85. The number of fused-ring (bicyclic) bond motifs is 2. The van der Waals surface area contributed by atoms with Crippen LogP contribution in [0, 0.1) is 6.92 Å². The Bertz CT molecular complexity index is 793. The van der Waals surface area contributed by atoms with Crippen molar-refractivity contribution in [3.8, 4) is 0 Å². The molecule has 0 aliphatic heterocycles. The molecule has 4 heteroatoms. The lowest BCUT2D eigenvalue weighted by molar-refractivity contribution is 0.555. The smallest absolute Gasteiger partial charge is 0.235 e. The lowest BCUT2D eigenvalue weighted by Gasteiger charge is -2.11. The summed E-state index contributed by atoms with van der Waals surface area (Å²) in [6.45, 7) is 2.01. The maximum absolute atomic E-state index is 10.7. The van der Waals surface area contributed by atoms with Crippen molar-refractivity contribution in [1.29, 1.82) is 0 Å².